The van der Waals surface area contributed by atoms with Crippen LogP contribution in [0.3, 0.4) is 0 Å². The molecule has 1 amide bonds. The van der Waals surface area contributed by atoms with E-state index in [4.69, 9.17) is 9.47 Å². The number of halogens is 1. The zero-order valence-electron chi connectivity index (χ0n) is 16.6. The molecule has 0 spiro atoms. The summed E-state index contributed by atoms with van der Waals surface area (Å²) in [5.74, 6) is 0.783. The maximum absolute atomic E-state index is 12.9. The van der Waals surface area contributed by atoms with Crippen molar-refractivity contribution in [2.45, 2.75) is 19.4 Å². The molecule has 0 aliphatic heterocycles. The zero-order chi connectivity index (χ0) is 21.5. The van der Waals surface area contributed by atoms with Crippen LogP contribution in [0, 0.1) is 5.82 Å². The van der Waals surface area contributed by atoms with E-state index < -0.39 is 5.56 Å². The van der Waals surface area contributed by atoms with Crippen molar-refractivity contribution in [1.29, 1.82) is 0 Å². The number of methoxy groups -OCH3 is 2. The van der Waals surface area contributed by atoms with Gasteiger partial charge in [-0.15, -0.1) is 10.2 Å². The normalized spacial score (nSPS) is 10.5. The van der Waals surface area contributed by atoms with E-state index in [2.05, 4.69) is 20.5 Å². The summed E-state index contributed by atoms with van der Waals surface area (Å²) in [6.07, 6.45) is 0.213. The van der Waals surface area contributed by atoms with E-state index in [0.29, 0.717) is 17.1 Å². The van der Waals surface area contributed by atoms with Crippen molar-refractivity contribution in [1.82, 2.24) is 20.5 Å². The standard InChI is InChI=1S/C21H21FN4O4/c1-29-16-9-14(10-17(11-16)30-2)20-24-21(28)18(25-26-20)7-8-19(27)23-12-13-3-5-15(22)6-4-13/h3-6,9-11H,7-8,12H2,1-2H3,(H,23,27)(H,24,26,28). The molecule has 30 heavy (non-hydrogen) atoms. The Morgan fingerprint density at radius 1 is 1.07 bits per heavy atom. The summed E-state index contributed by atoms with van der Waals surface area (Å²) >= 11 is 0. The molecule has 3 rings (SSSR count). The Balaban J connectivity index is 1.62. The van der Waals surface area contributed by atoms with Crippen LogP contribution in [-0.4, -0.2) is 35.3 Å². The topological polar surface area (TPSA) is 106 Å². The first kappa shape index (κ1) is 21.0. The number of benzene rings is 2. The Morgan fingerprint density at radius 3 is 2.33 bits per heavy atom. The lowest BCUT2D eigenvalue weighted by Gasteiger charge is -2.08. The zero-order valence-corrected chi connectivity index (χ0v) is 16.6. The number of hydrogen-bond donors (Lipinski definition) is 2. The molecule has 0 fully saturated rings. The van der Waals surface area contributed by atoms with Gasteiger partial charge in [-0.2, -0.15) is 0 Å². The molecule has 2 N–H and O–H groups in total. The lowest BCUT2D eigenvalue weighted by Crippen LogP contribution is -2.25. The summed E-state index contributed by atoms with van der Waals surface area (Å²) in [6.45, 7) is 0.276. The van der Waals surface area contributed by atoms with Gasteiger partial charge in [-0.05, 0) is 29.8 Å². The number of H-pyrrole nitrogens is 1. The van der Waals surface area contributed by atoms with Crippen LogP contribution >= 0.6 is 0 Å². The lowest BCUT2D eigenvalue weighted by molar-refractivity contribution is -0.121. The first-order chi connectivity index (χ1) is 14.5. The molecule has 0 saturated carbocycles. The van der Waals surface area contributed by atoms with Crippen LogP contribution in [0.5, 0.6) is 11.5 Å². The van der Waals surface area contributed by atoms with Gasteiger partial charge in [-0.25, -0.2) is 4.39 Å². The van der Waals surface area contributed by atoms with Gasteiger partial charge in [0.15, 0.2) is 5.82 Å². The molecule has 1 heterocycles. The number of aromatic nitrogens is 3. The molecule has 0 aliphatic rings. The second-order valence-corrected chi connectivity index (χ2v) is 6.45. The first-order valence-corrected chi connectivity index (χ1v) is 9.19. The summed E-state index contributed by atoms with van der Waals surface area (Å²) in [4.78, 5) is 27.1. The summed E-state index contributed by atoms with van der Waals surface area (Å²) in [6, 6.07) is 11.0. The molecule has 0 bridgehead atoms. The van der Waals surface area contributed by atoms with Crippen molar-refractivity contribution in [2.75, 3.05) is 14.2 Å². The van der Waals surface area contributed by atoms with Gasteiger partial charge in [-0.3, -0.25) is 9.59 Å². The second kappa shape index (κ2) is 9.64. The van der Waals surface area contributed by atoms with Crippen molar-refractivity contribution in [3.05, 3.63) is 69.9 Å². The van der Waals surface area contributed by atoms with E-state index in [1.54, 1.807) is 30.3 Å². The predicted molar refractivity (Wildman–Crippen MR) is 108 cm³/mol. The van der Waals surface area contributed by atoms with Gasteiger partial charge in [0.25, 0.3) is 5.56 Å². The number of nitrogens with zero attached hydrogens (tertiary/aromatic N) is 2. The largest absolute Gasteiger partial charge is 0.497 e. The van der Waals surface area contributed by atoms with E-state index in [-0.39, 0.29) is 42.6 Å². The molecule has 0 radical (unpaired) electrons. The van der Waals surface area contributed by atoms with Crippen LogP contribution in [0.25, 0.3) is 11.4 Å². The molecule has 3 aromatic rings. The number of carbonyl (C=O) groups excluding carboxylic acids is 1. The third kappa shape index (κ3) is 5.40. The van der Waals surface area contributed by atoms with E-state index in [0.717, 1.165) is 5.56 Å². The summed E-state index contributed by atoms with van der Waals surface area (Å²) < 4.78 is 23.3. The molecule has 0 atom stereocenters. The molecular weight excluding hydrogens is 391 g/mol. The van der Waals surface area contributed by atoms with Crippen molar-refractivity contribution >= 4 is 5.91 Å². The van der Waals surface area contributed by atoms with E-state index in [1.165, 1.54) is 26.4 Å². The Kier molecular flexibility index (Phi) is 6.74. The number of nitrogens with one attached hydrogen (secondary N) is 2. The third-order valence-electron chi connectivity index (χ3n) is 4.38. The maximum atomic E-state index is 12.9. The Morgan fingerprint density at radius 2 is 1.73 bits per heavy atom. The highest BCUT2D eigenvalue weighted by Gasteiger charge is 2.11. The molecule has 8 nitrogen and oxygen atoms in total. The highest BCUT2D eigenvalue weighted by Crippen LogP contribution is 2.27. The van der Waals surface area contributed by atoms with Crippen molar-refractivity contribution < 1.29 is 18.7 Å². The monoisotopic (exact) mass is 412 g/mol. The lowest BCUT2D eigenvalue weighted by atomic mass is 10.2. The molecular formula is C21H21FN4O4. The molecule has 156 valence electrons. The Bertz CT molecular complexity index is 1060. The van der Waals surface area contributed by atoms with Crippen molar-refractivity contribution in [2.24, 2.45) is 0 Å². The van der Waals surface area contributed by atoms with E-state index in [9.17, 15) is 14.0 Å². The predicted octanol–water partition coefficient (Wildman–Crippen LogP) is 2.24. The number of carbonyl (C=O) groups is 1. The van der Waals surface area contributed by atoms with Crippen LogP contribution in [-0.2, 0) is 17.8 Å². The van der Waals surface area contributed by atoms with Gasteiger partial charge >= 0.3 is 0 Å². The smallest absolute Gasteiger partial charge is 0.273 e. The van der Waals surface area contributed by atoms with E-state index >= 15 is 0 Å². The summed E-state index contributed by atoms with van der Waals surface area (Å²) in [5, 5.41) is 10.7. The molecule has 1 aromatic heterocycles. The first-order valence-electron chi connectivity index (χ1n) is 9.19. The Labute approximate surface area is 172 Å². The maximum Gasteiger partial charge on any atom is 0.273 e. The Hall–Kier alpha value is -3.75. The number of rotatable bonds is 8. The SMILES string of the molecule is COc1cc(OC)cc(-c2nnc(CCC(=O)NCc3ccc(F)cc3)c(=O)[nH]2)c1. The van der Waals surface area contributed by atoms with Gasteiger partial charge in [0.1, 0.15) is 23.0 Å². The van der Waals surface area contributed by atoms with Crippen LogP contribution in [0.2, 0.25) is 0 Å². The molecule has 2 aromatic carbocycles. The highest BCUT2D eigenvalue weighted by atomic mass is 19.1. The number of amides is 1. The summed E-state index contributed by atoms with van der Waals surface area (Å²) in [7, 11) is 3.05. The third-order valence-corrected chi connectivity index (χ3v) is 4.38. The molecule has 0 unspecified atom stereocenters. The van der Waals surface area contributed by atoms with Gasteiger partial charge < -0.3 is 19.8 Å². The van der Waals surface area contributed by atoms with Crippen molar-refractivity contribution in [3.8, 4) is 22.9 Å². The minimum absolute atomic E-state index is 0.0747. The average Bonchev–Trinajstić information content (AvgIpc) is 2.77. The summed E-state index contributed by atoms with van der Waals surface area (Å²) in [5.41, 5.74) is 1.10. The van der Waals surface area contributed by atoms with Gasteiger partial charge in [0.2, 0.25) is 5.91 Å². The van der Waals surface area contributed by atoms with Crippen LogP contribution in [0.15, 0.2) is 47.3 Å². The second-order valence-electron chi connectivity index (χ2n) is 6.45. The van der Waals surface area contributed by atoms with Crippen LogP contribution in [0.4, 0.5) is 4.39 Å². The number of aryl methyl sites for hydroxylation is 1. The molecule has 0 saturated heterocycles. The fourth-order valence-electron chi connectivity index (χ4n) is 2.72. The van der Waals surface area contributed by atoms with Crippen molar-refractivity contribution in [3.63, 3.8) is 0 Å². The van der Waals surface area contributed by atoms with Gasteiger partial charge in [-0.1, -0.05) is 12.1 Å². The molecule has 9 heteroatoms. The average molecular weight is 412 g/mol. The highest BCUT2D eigenvalue weighted by molar-refractivity contribution is 5.76. The fourth-order valence-corrected chi connectivity index (χ4v) is 2.72. The van der Waals surface area contributed by atoms with Gasteiger partial charge in [0.05, 0.1) is 14.2 Å². The fraction of sp³-hybridized carbons (Fsp3) is 0.238. The minimum atomic E-state index is -0.423. The van der Waals surface area contributed by atoms with Crippen LogP contribution < -0.4 is 20.3 Å². The van der Waals surface area contributed by atoms with E-state index in [1.807, 2.05) is 0 Å². The van der Waals surface area contributed by atoms with Gasteiger partial charge in [0, 0.05) is 31.0 Å². The minimum Gasteiger partial charge on any atom is -0.497 e. The quantitative estimate of drug-likeness (QED) is 0.588. The molecule has 0 aliphatic carbocycles. The number of aromatic amines is 1. The van der Waals surface area contributed by atoms with Crippen LogP contribution in [0.1, 0.15) is 17.7 Å². The number of hydrogen-bond acceptors (Lipinski definition) is 6. The number of ether oxygens (including phenoxy) is 2.